The molecule has 0 aliphatic carbocycles. The summed E-state index contributed by atoms with van der Waals surface area (Å²) in [5, 5.41) is 4.25. The Kier molecular flexibility index (Phi) is 4.31. The standard InChI is InChI=1S/C16H21N3O2S/c1-14-4-2-5-15(12-14)13-22(20,21)18-10-6-16(7-11-18)19-9-3-8-17-19/h2-5,8-9,12,16H,6-7,10-11,13H2,1H3. The first-order chi connectivity index (χ1) is 10.5. The third-order valence-corrected chi connectivity index (χ3v) is 6.00. The van der Waals surface area contributed by atoms with Crippen molar-refractivity contribution in [3.05, 3.63) is 53.9 Å². The lowest BCUT2D eigenvalue weighted by Crippen LogP contribution is -2.39. The lowest BCUT2D eigenvalue weighted by atomic mass is 10.1. The first kappa shape index (κ1) is 15.2. The second kappa shape index (κ2) is 6.22. The fourth-order valence-corrected chi connectivity index (χ4v) is 4.54. The summed E-state index contributed by atoms with van der Waals surface area (Å²) in [7, 11) is -3.24. The van der Waals surface area contributed by atoms with Crippen molar-refractivity contribution in [1.29, 1.82) is 0 Å². The SMILES string of the molecule is Cc1cccc(CS(=O)(=O)N2CCC(n3cccn3)CC2)c1. The minimum atomic E-state index is -3.24. The first-order valence-electron chi connectivity index (χ1n) is 7.57. The molecule has 0 atom stereocenters. The van der Waals surface area contributed by atoms with Gasteiger partial charge in [0.05, 0.1) is 11.8 Å². The molecular formula is C16H21N3O2S. The van der Waals surface area contributed by atoms with Gasteiger partial charge in [-0.2, -0.15) is 5.10 Å². The van der Waals surface area contributed by atoms with Crippen molar-refractivity contribution in [2.75, 3.05) is 13.1 Å². The van der Waals surface area contributed by atoms with Gasteiger partial charge in [-0.1, -0.05) is 29.8 Å². The van der Waals surface area contributed by atoms with Gasteiger partial charge in [-0.3, -0.25) is 4.68 Å². The maximum atomic E-state index is 12.6. The zero-order valence-corrected chi connectivity index (χ0v) is 13.5. The normalized spacial score (nSPS) is 17.7. The highest BCUT2D eigenvalue weighted by molar-refractivity contribution is 7.88. The minimum Gasteiger partial charge on any atom is -0.270 e. The van der Waals surface area contributed by atoms with E-state index in [0.29, 0.717) is 19.1 Å². The lowest BCUT2D eigenvalue weighted by molar-refractivity contribution is 0.261. The largest absolute Gasteiger partial charge is 0.270 e. The van der Waals surface area contributed by atoms with E-state index in [-0.39, 0.29) is 5.75 Å². The van der Waals surface area contributed by atoms with E-state index in [1.54, 1.807) is 10.5 Å². The van der Waals surface area contributed by atoms with Gasteiger partial charge in [-0.25, -0.2) is 12.7 Å². The maximum Gasteiger partial charge on any atom is 0.218 e. The van der Waals surface area contributed by atoms with Gasteiger partial charge in [0.2, 0.25) is 10.0 Å². The number of aryl methyl sites for hydroxylation is 1. The average molecular weight is 319 g/mol. The number of rotatable bonds is 4. The second-order valence-electron chi connectivity index (χ2n) is 5.86. The molecule has 1 aliphatic rings. The quantitative estimate of drug-likeness (QED) is 0.869. The van der Waals surface area contributed by atoms with Crippen molar-refractivity contribution < 1.29 is 8.42 Å². The fourth-order valence-electron chi connectivity index (χ4n) is 2.99. The highest BCUT2D eigenvalue weighted by atomic mass is 32.2. The molecular weight excluding hydrogens is 298 g/mol. The Morgan fingerprint density at radius 2 is 2.00 bits per heavy atom. The van der Waals surface area contributed by atoms with Gasteiger partial charge in [0.1, 0.15) is 0 Å². The van der Waals surface area contributed by atoms with Crippen molar-refractivity contribution in [2.24, 2.45) is 0 Å². The summed E-state index contributed by atoms with van der Waals surface area (Å²) in [6.45, 7) is 3.11. The van der Waals surface area contributed by atoms with Crippen molar-refractivity contribution >= 4 is 10.0 Å². The van der Waals surface area contributed by atoms with E-state index >= 15 is 0 Å². The Balaban J connectivity index is 1.64. The number of hydrogen-bond acceptors (Lipinski definition) is 3. The highest BCUT2D eigenvalue weighted by Gasteiger charge is 2.28. The number of sulfonamides is 1. The monoisotopic (exact) mass is 319 g/mol. The van der Waals surface area contributed by atoms with E-state index in [1.165, 1.54) is 0 Å². The Morgan fingerprint density at radius 3 is 2.64 bits per heavy atom. The van der Waals surface area contributed by atoms with E-state index in [9.17, 15) is 8.42 Å². The average Bonchev–Trinajstić information content (AvgIpc) is 3.01. The van der Waals surface area contributed by atoms with Crippen molar-refractivity contribution in [1.82, 2.24) is 14.1 Å². The van der Waals surface area contributed by atoms with Gasteiger partial charge in [0.25, 0.3) is 0 Å². The molecule has 0 amide bonds. The van der Waals surface area contributed by atoms with Crippen LogP contribution in [0.5, 0.6) is 0 Å². The summed E-state index contributed by atoms with van der Waals surface area (Å²) in [5.41, 5.74) is 1.94. The van der Waals surface area contributed by atoms with Gasteiger partial charge in [0, 0.05) is 25.5 Å². The molecule has 1 aromatic carbocycles. The molecule has 22 heavy (non-hydrogen) atoms. The summed E-state index contributed by atoms with van der Waals surface area (Å²) in [6, 6.07) is 9.91. The molecule has 118 valence electrons. The molecule has 0 spiro atoms. The Hall–Kier alpha value is -1.66. The predicted molar refractivity (Wildman–Crippen MR) is 85.9 cm³/mol. The molecule has 0 saturated carbocycles. The molecule has 0 bridgehead atoms. The number of hydrogen-bond donors (Lipinski definition) is 0. The summed E-state index contributed by atoms with van der Waals surface area (Å²) < 4.78 is 28.7. The molecule has 0 N–H and O–H groups in total. The van der Waals surface area contributed by atoms with Gasteiger partial charge in [-0.15, -0.1) is 0 Å². The number of benzene rings is 1. The van der Waals surface area contributed by atoms with Crippen LogP contribution in [0.4, 0.5) is 0 Å². The molecule has 2 heterocycles. The van der Waals surface area contributed by atoms with Crippen LogP contribution < -0.4 is 0 Å². The Bertz CT molecular complexity index is 718. The predicted octanol–water partition coefficient (Wildman–Crippen LogP) is 2.36. The lowest BCUT2D eigenvalue weighted by Gasteiger charge is -2.31. The van der Waals surface area contributed by atoms with Crippen LogP contribution in [0.3, 0.4) is 0 Å². The number of piperidine rings is 1. The van der Waals surface area contributed by atoms with Crippen LogP contribution in [0, 0.1) is 6.92 Å². The molecule has 5 nitrogen and oxygen atoms in total. The number of aromatic nitrogens is 2. The van der Waals surface area contributed by atoms with Gasteiger partial charge in [-0.05, 0) is 31.4 Å². The third-order valence-electron chi connectivity index (χ3n) is 4.15. The summed E-state index contributed by atoms with van der Waals surface area (Å²) in [5.74, 6) is 0.0844. The zero-order chi connectivity index (χ0) is 15.6. The summed E-state index contributed by atoms with van der Waals surface area (Å²) in [6.07, 6.45) is 5.34. The van der Waals surface area contributed by atoms with Crippen LogP contribution >= 0.6 is 0 Å². The number of nitrogens with zero attached hydrogens (tertiary/aromatic N) is 3. The topological polar surface area (TPSA) is 55.2 Å². The molecule has 1 fully saturated rings. The maximum absolute atomic E-state index is 12.6. The Labute approximate surface area is 131 Å². The van der Waals surface area contributed by atoms with Gasteiger partial charge >= 0.3 is 0 Å². The Morgan fingerprint density at radius 1 is 1.23 bits per heavy atom. The van der Waals surface area contributed by atoms with Crippen LogP contribution in [-0.2, 0) is 15.8 Å². The van der Waals surface area contributed by atoms with Crippen molar-refractivity contribution in [2.45, 2.75) is 31.6 Å². The third kappa shape index (κ3) is 3.39. The van der Waals surface area contributed by atoms with E-state index < -0.39 is 10.0 Å². The summed E-state index contributed by atoms with van der Waals surface area (Å²) in [4.78, 5) is 0. The molecule has 1 aromatic heterocycles. The van der Waals surface area contributed by atoms with Crippen LogP contribution in [0.1, 0.15) is 30.0 Å². The minimum absolute atomic E-state index is 0.0844. The molecule has 6 heteroatoms. The highest BCUT2D eigenvalue weighted by Crippen LogP contribution is 2.24. The van der Waals surface area contributed by atoms with Crippen molar-refractivity contribution in [3.8, 4) is 0 Å². The van der Waals surface area contributed by atoms with E-state index in [2.05, 4.69) is 5.10 Å². The first-order valence-corrected chi connectivity index (χ1v) is 9.18. The van der Waals surface area contributed by atoms with Crippen LogP contribution in [0.25, 0.3) is 0 Å². The van der Waals surface area contributed by atoms with Crippen molar-refractivity contribution in [3.63, 3.8) is 0 Å². The molecule has 1 aliphatic heterocycles. The van der Waals surface area contributed by atoms with Crippen LogP contribution in [0.15, 0.2) is 42.7 Å². The molecule has 1 saturated heterocycles. The summed E-state index contributed by atoms with van der Waals surface area (Å²) >= 11 is 0. The van der Waals surface area contributed by atoms with Crippen LogP contribution in [-0.4, -0.2) is 35.6 Å². The zero-order valence-electron chi connectivity index (χ0n) is 12.7. The van der Waals surface area contributed by atoms with E-state index in [4.69, 9.17) is 0 Å². The van der Waals surface area contributed by atoms with Crippen LogP contribution in [0.2, 0.25) is 0 Å². The van der Waals surface area contributed by atoms with Gasteiger partial charge < -0.3 is 0 Å². The second-order valence-corrected chi connectivity index (χ2v) is 7.83. The molecule has 0 radical (unpaired) electrons. The smallest absolute Gasteiger partial charge is 0.218 e. The van der Waals surface area contributed by atoms with Gasteiger partial charge in [0.15, 0.2) is 0 Å². The van der Waals surface area contributed by atoms with E-state index in [1.807, 2.05) is 48.1 Å². The molecule has 2 aromatic rings. The van der Waals surface area contributed by atoms with E-state index in [0.717, 1.165) is 24.0 Å². The fraction of sp³-hybridized carbons (Fsp3) is 0.438. The molecule has 0 unspecified atom stereocenters. The molecule has 3 rings (SSSR count).